The molecule has 5 heteroatoms. The van der Waals surface area contributed by atoms with Crippen LogP contribution in [0.4, 0.5) is 0 Å². The Kier molecular flexibility index (Phi) is 6.63. The van der Waals surface area contributed by atoms with E-state index in [0.29, 0.717) is 12.3 Å². The average molecular weight is 318 g/mol. The SMILES string of the molecule is CC(C)OCC(O)COc1c(Br)cccc1CN. The van der Waals surface area contributed by atoms with Crippen molar-refractivity contribution in [3.63, 3.8) is 0 Å². The first kappa shape index (κ1) is 15.4. The van der Waals surface area contributed by atoms with Gasteiger partial charge in [-0.15, -0.1) is 0 Å². The molecule has 18 heavy (non-hydrogen) atoms. The Morgan fingerprint density at radius 1 is 1.33 bits per heavy atom. The highest BCUT2D eigenvalue weighted by atomic mass is 79.9. The van der Waals surface area contributed by atoms with Gasteiger partial charge in [-0.25, -0.2) is 0 Å². The highest BCUT2D eigenvalue weighted by Crippen LogP contribution is 2.28. The molecule has 1 atom stereocenters. The van der Waals surface area contributed by atoms with Crippen LogP contribution in [-0.2, 0) is 11.3 Å². The molecule has 102 valence electrons. The molecule has 4 nitrogen and oxygen atoms in total. The molecule has 0 aromatic heterocycles. The lowest BCUT2D eigenvalue weighted by molar-refractivity contribution is -0.0125. The second-order valence-corrected chi connectivity index (χ2v) is 5.13. The zero-order chi connectivity index (χ0) is 13.5. The van der Waals surface area contributed by atoms with E-state index in [-0.39, 0.29) is 19.3 Å². The monoisotopic (exact) mass is 317 g/mol. The summed E-state index contributed by atoms with van der Waals surface area (Å²) in [5, 5.41) is 9.72. The van der Waals surface area contributed by atoms with Crippen molar-refractivity contribution in [3.8, 4) is 5.75 Å². The van der Waals surface area contributed by atoms with Crippen molar-refractivity contribution in [2.45, 2.75) is 32.6 Å². The lowest BCUT2D eigenvalue weighted by Crippen LogP contribution is -2.25. The van der Waals surface area contributed by atoms with Crippen LogP contribution >= 0.6 is 15.9 Å². The number of para-hydroxylation sites is 1. The minimum Gasteiger partial charge on any atom is -0.489 e. The minimum atomic E-state index is -0.648. The van der Waals surface area contributed by atoms with Crippen LogP contribution in [-0.4, -0.2) is 30.5 Å². The Hall–Kier alpha value is -0.620. The second-order valence-electron chi connectivity index (χ2n) is 4.28. The van der Waals surface area contributed by atoms with Crippen LogP contribution < -0.4 is 10.5 Å². The van der Waals surface area contributed by atoms with Crippen molar-refractivity contribution >= 4 is 15.9 Å². The van der Waals surface area contributed by atoms with E-state index in [4.69, 9.17) is 15.2 Å². The van der Waals surface area contributed by atoms with Crippen LogP contribution in [0.1, 0.15) is 19.4 Å². The predicted octanol–water partition coefficient (Wildman–Crippen LogP) is 2.07. The summed E-state index contributed by atoms with van der Waals surface area (Å²) in [6.07, 6.45) is -0.548. The first-order valence-corrected chi connectivity index (χ1v) is 6.73. The van der Waals surface area contributed by atoms with Crippen molar-refractivity contribution < 1.29 is 14.6 Å². The van der Waals surface area contributed by atoms with E-state index in [9.17, 15) is 5.11 Å². The molecule has 0 saturated carbocycles. The predicted molar refractivity (Wildman–Crippen MR) is 74.6 cm³/mol. The van der Waals surface area contributed by atoms with Gasteiger partial charge in [0.2, 0.25) is 0 Å². The van der Waals surface area contributed by atoms with E-state index < -0.39 is 6.10 Å². The summed E-state index contributed by atoms with van der Waals surface area (Å²) in [5.41, 5.74) is 6.54. The largest absolute Gasteiger partial charge is 0.489 e. The lowest BCUT2D eigenvalue weighted by atomic mass is 10.2. The summed E-state index contributed by atoms with van der Waals surface area (Å²) in [6.45, 7) is 4.69. The van der Waals surface area contributed by atoms with Gasteiger partial charge in [-0.1, -0.05) is 12.1 Å². The van der Waals surface area contributed by atoms with Gasteiger partial charge in [-0.05, 0) is 35.8 Å². The molecule has 0 aliphatic rings. The Balaban J connectivity index is 2.52. The van der Waals surface area contributed by atoms with Crippen LogP contribution in [0, 0.1) is 0 Å². The number of aliphatic hydroxyl groups excluding tert-OH is 1. The number of hydrogen-bond donors (Lipinski definition) is 2. The van der Waals surface area contributed by atoms with Crippen molar-refractivity contribution in [1.29, 1.82) is 0 Å². The first-order valence-electron chi connectivity index (χ1n) is 5.94. The quantitative estimate of drug-likeness (QED) is 0.808. The average Bonchev–Trinajstić information content (AvgIpc) is 2.34. The molecule has 0 saturated heterocycles. The summed E-state index contributed by atoms with van der Waals surface area (Å²) >= 11 is 3.41. The van der Waals surface area contributed by atoms with Crippen LogP contribution in [0.15, 0.2) is 22.7 Å². The maximum atomic E-state index is 9.72. The van der Waals surface area contributed by atoms with E-state index >= 15 is 0 Å². The molecule has 0 spiro atoms. The highest BCUT2D eigenvalue weighted by Gasteiger charge is 2.11. The molecule has 0 radical (unpaired) electrons. The van der Waals surface area contributed by atoms with Gasteiger partial charge in [0.1, 0.15) is 18.5 Å². The number of hydrogen-bond acceptors (Lipinski definition) is 4. The maximum absolute atomic E-state index is 9.72. The highest BCUT2D eigenvalue weighted by molar-refractivity contribution is 9.10. The molecule has 0 aliphatic heterocycles. The number of benzene rings is 1. The molecule has 0 fully saturated rings. The van der Waals surface area contributed by atoms with Gasteiger partial charge in [0.25, 0.3) is 0 Å². The van der Waals surface area contributed by atoms with E-state index in [1.807, 2.05) is 32.0 Å². The molecule has 0 aliphatic carbocycles. The molecule has 1 unspecified atom stereocenters. The Bertz CT molecular complexity index is 371. The fourth-order valence-electron chi connectivity index (χ4n) is 1.41. The number of nitrogens with two attached hydrogens (primary N) is 1. The van der Waals surface area contributed by atoms with Gasteiger partial charge in [0, 0.05) is 12.1 Å². The van der Waals surface area contributed by atoms with Crippen LogP contribution in [0.25, 0.3) is 0 Å². The van der Waals surface area contributed by atoms with Gasteiger partial charge in [0.05, 0.1) is 17.2 Å². The summed E-state index contributed by atoms with van der Waals surface area (Å²) in [4.78, 5) is 0. The molecule has 0 amide bonds. The number of halogens is 1. The Morgan fingerprint density at radius 2 is 2.06 bits per heavy atom. The third-order valence-corrected chi connectivity index (χ3v) is 2.93. The van der Waals surface area contributed by atoms with Gasteiger partial charge < -0.3 is 20.3 Å². The van der Waals surface area contributed by atoms with Gasteiger partial charge in [-0.3, -0.25) is 0 Å². The van der Waals surface area contributed by atoms with Gasteiger partial charge >= 0.3 is 0 Å². The summed E-state index contributed by atoms with van der Waals surface area (Å²) < 4.78 is 11.7. The summed E-state index contributed by atoms with van der Waals surface area (Å²) in [5.74, 6) is 0.684. The standard InChI is InChI=1S/C13H20BrNO3/c1-9(2)17-7-11(16)8-18-13-10(6-15)4-3-5-12(13)14/h3-5,9,11,16H,6-8,15H2,1-2H3. The number of aliphatic hydroxyl groups is 1. The molecule has 1 rings (SSSR count). The smallest absolute Gasteiger partial charge is 0.138 e. The maximum Gasteiger partial charge on any atom is 0.138 e. The zero-order valence-corrected chi connectivity index (χ0v) is 12.3. The molecular formula is C13H20BrNO3. The Labute approximate surface area is 116 Å². The first-order chi connectivity index (χ1) is 8.54. The van der Waals surface area contributed by atoms with E-state index in [2.05, 4.69) is 15.9 Å². The number of rotatable bonds is 7. The third-order valence-electron chi connectivity index (χ3n) is 2.31. The Morgan fingerprint density at radius 3 is 2.67 bits per heavy atom. The van der Waals surface area contributed by atoms with Crippen molar-refractivity contribution in [2.75, 3.05) is 13.2 Å². The van der Waals surface area contributed by atoms with Crippen LogP contribution in [0.5, 0.6) is 5.75 Å². The fraction of sp³-hybridized carbons (Fsp3) is 0.538. The zero-order valence-electron chi connectivity index (χ0n) is 10.7. The van der Waals surface area contributed by atoms with Crippen molar-refractivity contribution in [3.05, 3.63) is 28.2 Å². The van der Waals surface area contributed by atoms with Gasteiger partial charge in [0.15, 0.2) is 0 Å². The molecule has 3 N–H and O–H groups in total. The summed E-state index contributed by atoms with van der Waals surface area (Å²) in [7, 11) is 0. The van der Waals surface area contributed by atoms with E-state index in [1.165, 1.54) is 0 Å². The lowest BCUT2D eigenvalue weighted by Gasteiger charge is -2.16. The number of ether oxygens (including phenoxy) is 2. The topological polar surface area (TPSA) is 64.7 Å². The minimum absolute atomic E-state index is 0.0997. The van der Waals surface area contributed by atoms with E-state index in [1.54, 1.807) is 0 Å². The third kappa shape index (κ3) is 4.94. The van der Waals surface area contributed by atoms with Crippen LogP contribution in [0.3, 0.4) is 0 Å². The normalized spacial score (nSPS) is 12.8. The fourth-order valence-corrected chi connectivity index (χ4v) is 1.93. The van der Waals surface area contributed by atoms with E-state index in [0.717, 1.165) is 10.0 Å². The van der Waals surface area contributed by atoms with Gasteiger partial charge in [-0.2, -0.15) is 0 Å². The molecule has 0 bridgehead atoms. The van der Waals surface area contributed by atoms with Crippen molar-refractivity contribution in [1.82, 2.24) is 0 Å². The molecule has 1 aromatic rings. The van der Waals surface area contributed by atoms with Crippen LogP contribution in [0.2, 0.25) is 0 Å². The summed E-state index contributed by atoms with van der Waals surface area (Å²) in [6, 6.07) is 5.68. The second kappa shape index (κ2) is 7.74. The van der Waals surface area contributed by atoms with Crippen molar-refractivity contribution in [2.24, 2.45) is 5.73 Å². The molecule has 1 aromatic carbocycles. The molecular weight excluding hydrogens is 298 g/mol. The molecule has 0 heterocycles.